The van der Waals surface area contributed by atoms with Crippen LogP contribution in [0.3, 0.4) is 0 Å². The summed E-state index contributed by atoms with van der Waals surface area (Å²) in [4.78, 5) is 18.0. The first kappa shape index (κ1) is 17.5. The fourth-order valence-corrected chi connectivity index (χ4v) is 4.13. The van der Waals surface area contributed by atoms with E-state index in [-0.39, 0.29) is 11.3 Å². The molecule has 0 fully saturated rings. The standard InChI is InChI=1S/C12H15N2O5PS/c1-3-10-7-9(8-13)5-6-11(10)21(18,19)14-12(4-2)20(15,16)17/h5-7H,3-4H2,1-2H3,(H2,15,16,17)/b14-12+. The molecule has 21 heavy (non-hydrogen) atoms. The molecule has 0 aliphatic heterocycles. The summed E-state index contributed by atoms with van der Waals surface area (Å²) in [5.41, 5.74) is -0.00615. The summed E-state index contributed by atoms with van der Waals surface area (Å²) in [6.45, 7) is 3.12. The number of rotatable bonds is 5. The van der Waals surface area contributed by atoms with Crippen molar-refractivity contribution in [2.75, 3.05) is 0 Å². The summed E-state index contributed by atoms with van der Waals surface area (Å²) in [6, 6.07) is 5.87. The van der Waals surface area contributed by atoms with Gasteiger partial charge in [-0.25, -0.2) is 0 Å². The third-order valence-corrected chi connectivity index (χ3v) is 5.37. The largest absolute Gasteiger partial charge is 0.371 e. The molecule has 0 spiro atoms. The van der Waals surface area contributed by atoms with E-state index < -0.39 is 23.1 Å². The fourth-order valence-electron chi connectivity index (χ4n) is 1.69. The fraction of sp³-hybridized carbons (Fsp3) is 0.333. The van der Waals surface area contributed by atoms with Crippen molar-refractivity contribution in [2.45, 2.75) is 31.6 Å². The first-order chi connectivity index (χ1) is 9.65. The Bertz CT molecular complexity index is 758. The van der Waals surface area contributed by atoms with Gasteiger partial charge in [0.1, 0.15) is 5.45 Å². The summed E-state index contributed by atoms with van der Waals surface area (Å²) in [7, 11) is -8.95. The molecule has 114 valence electrons. The Morgan fingerprint density at radius 1 is 1.38 bits per heavy atom. The second-order valence-corrected chi connectivity index (χ2v) is 7.34. The van der Waals surface area contributed by atoms with E-state index >= 15 is 0 Å². The smallest absolute Gasteiger partial charge is 0.320 e. The molecule has 1 rings (SSSR count). The molecule has 0 aliphatic rings. The van der Waals surface area contributed by atoms with Gasteiger partial charge in [0, 0.05) is 0 Å². The quantitative estimate of drug-likeness (QED) is 0.626. The van der Waals surface area contributed by atoms with Crippen LogP contribution in [0.25, 0.3) is 0 Å². The molecule has 0 bridgehead atoms. The Morgan fingerprint density at radius 3 is 2.43 bits per heavy atom. The van der Waals surface area contributed by atoms with Gasteiger partial charge in [-0.3, -0.25) is 4.57 Å². The second-order valence-electron chi connectivity index (χ2n) is 4.17. The van der Waals surface area contributed by atoms with Crippen LogP contribution >= 0.6 is 7.60 Å². The first-order valence-electron chi connectivity index (χ1n) is 6.08. The van der Waals surface area contributed by atoms with Crippen LogP contribution in [-0.4, -0.2) is 23.7 Å². The van der Waals surface area contributed by atoms with E-state index in [4.69, 9.17) is 15.0 Å². The molecule has 0 atom stereocenters. The average Bonchev–Trinajstić information content (AvgIpc) is 2.42. The molecule has 0 saturated carbocycles. The Balaban J connectivity index is 3.49. The Labute approximate surface area is 123 Å². The predicted octanol–water partition coefficient (Wildman–Crippen LogP) is 1.80. The lowest BCUT2D eigenvalue weighted by Gasteiger charge is -2.09. The lowest BCUT2D eigenvalue weighted by Crippen LogP contribution is -2.07. The van der Waals surface area contributed by atoms with Crippen molar-refractivity contribution in [3.63, 3.8) is 0 Å². The summed E-state index contributed by atoms with van der Waals surface area (Å²) in [5.74, 6) is 0. The number of sulfonamides is 1. The van der Waals surface area contributed by atoms with E-state index in [2.05, 4.69) is 4.40 Å². The lowest BCUT2D eigenvalue weighted by molar-refractivity contribution is 0.390. The van der Waals surface area contributed by atoms with Crippen molar-refractivity contribution in [3.05, 3.63) is 29.3 Å². The molecule has 0 aromatic heterocycles. The molecule has 0 amide bonds. The first-order valence-corrected chi connectivity index (χ1v) is 9.14. The second kappa shape index (κ2) is 6.50. The van der Waals surface area contributed by atoms with Crippen LogP contribution in [0.5, 0.6) is 0 Å². The molecule has 0 unspecified atom stereocenters. The molecule has 0 radical (unpaired) electrons. The molecule has 1 aromatic carbocycles. The van der Waals surface area contributed by atoms with Crippen molar-refractivity contribution in [1.29, 1.82) is 5.26 Å². The number of hydrogen-bond donors (Lipinski definition) is 2. The number of benzene rings is 1. The van der Waals surface area contributed by atoms with E-state index in [9.17, 15) is 13.0 Å². The SMILES string of the molecule is CC/C(=N\S(=O)(=O)c1ccc(C#N)cc1CC)P(=O)(O)O. The number of nitrogens with zero attached hydrogens (tertiary/aromatic N) is 2. The monoisotopic (exact) mass is 330 g/mol. The maximum atomic E-state index is 12.2. The summed E-state index contributed by atoms with van der Waals surface area (Å²) in [6.07, 6.45) is 0.165. The van der Waals surface area contributed by atoms with Gasteiger partial charge in [0.25, 0.3) is 10.0 Å². The van der Waals surface area contributed by atoms with E-state index in [0.717, 1.165) is 0 Å². The van der Waals surface area contributed by atoms with Crippen molar-refractivity contribution < 1.29 is 22.8 Å². The van der Waals surface area contributed by atoms with Crippen LogP contribution in [-0.2, 0) is 21.0 Å². The Hall–Kier alpha value is -1.52. The van der Waals surface area contributed by atoms with Crippen LogP contribution in [0.15, 0.2) is 27.5 Å². The van der Waals surface area contributed by atoms with Gasteiger partial charge in [-0.2, -0.15) is 18.1 Å². The zero-order valence-corrected chi connectivity index (χ0v) is 13.2. The van der Waals surface area contributed by atoms with E-state index in [0.29, 0.717) is 17.5 Å². The van der Waals surface area contributed by atoms with Gasteiger partial charge in [-0.05, 0) is 36.6 Å². The summed E-state index contributed by atoms with van der Waals surface area (Å²) in [5, 5.41) is 8.81. The zero-order chi connectivity index (χ0) is 16.3. The van der Waals surface area contributed by atoms with E-state index in [1.165, 1.54) is 25.1 Å². The third-order valence-electron chi connectivity index (χ3n) is 2.73. The van der Waals surface area contributed by atoms with Gasteiger partial charge in [0.15, 0.2) is 0 Å². The highest BCUT2D eigenvalue weighted by Gasteiger charge is 2.26. The van der Waals surface area contributed by atoms with Crippen LogP contribution in [0.4, 0.5) is 0 Å². The van der Waals surface area contributed by atoms with Crippen LogP contribution < -0.4 is 0 Å². The summed E-state index contributed by atoms with van der Waals surface area (Å²) < 4.78 is 38.9. The van der Waals surface area contributed by atoms with Gasteiger partial charge < -0.3 is 9.79 Å². The van der Waals surface area contributed by atoms with E-state index in [1.54, 1.807) is 6.92 Å². The molecule has 7 nitrogen and oxygen atoms in total. The molecular formula is C12H15N2O5PS. The highest BCUT2D eigenvalue weighted by molar-refractivity contribution is 7.91. The average molecular weight is 330 g/mol. The van der Waals surface area contributed by atoms with Crippen LogP contribution in [0, 0.1) is 11.3 Å². The minimum Gasteiger partial charge on any atom is -0.320 e. The molecule has 0 heterocycles. The molecule has 2 N–H and O–H groups in total. The lowest BCUT2D eigenvalue weighted by atomic mass is 10.1. The van der Waals surface area contributed by atoms with Crippen molar-refractivity contribution in [2.24, 2.45) is 4.40 Å². The van der Waals surface area contributed by atoms with E-state index in [1.807, 2.05) is 6.07 Å². The molecule has 1 aromatic rings. The van der Waals surface area contributed by atoms with Gasteiger partial charge in [0.2, 0.25) is 0 Å². The predicted molar refractivity (Wildman–Crippen MR) is 77.5 cm³/mol. The van der Waals surface area contributed by atoms with Gasteiger partial charge in [-0.15, -0.1) is 0 Å². The van der Waals surface area contributed by atoms with Crippen LogP contribution in [0.2, 0.25) is 0 Å². The number of nitriles is 1. The highest BCUT2D eigenvalue weighted by Crippen LogP contribution is 2.39. The number of aryl methyl sites for hydroxylation is 1. The van der Waals surface area contributed by atoms with Crippen LogP contribution in [0.1, 0.15) is 31.4 Å². The third kappa shape index (κ3) is 4.22. The molecule has 0 aliphatic carbocycles. The minimum atomic E-state index is -4.71. The molecule has 9 heteroatoms. The highest BCUT2D eigenvalue weighted by atomic mass is 32.2. The zero-order valence-electron chi connectivity index (χ0n) is 11.5. The minimum absolute atomic E-state index is 0.150. The van der Waals surface area contributed by atoms with Gasteiger partial charge in [-0.1, -0.05) is 13.8 Å². The van der Waals surface area contributed by atoms with Gasteiger partial charge in [0.05, 0.1) is 16.5 Å². The van der Waals surface area contributed by atoms with Crippen molar-refractivity contribution >= 4 is 23.1 Å². The van der Waals surface area contributed by atoms with Crippen molar-refractivity contribution in [1.82, 2.24) is 0 Å². The van der Waals surface area contributed by atoms with Gasteiger partial charge >= 0.3 is 7.60 Å². The summed E-state index contributed by atoms with van der Waals surface area (Å²) >= 11 is 0. The Kier molecular flexibility index (Phi) is 5.42. The molecule has 0 saturated heterocycles. The maximum Gasteiger partial charge on any atom is 0.371 e. The van der Waals surface area contributed by atoms with Crippen molar-refractivity contribution in [3.8, 4) is 6.07 Å². The topological polar surface area (TPSA) is 128 Å². The number of hydrogen-bond acceptors (Lipinski definition) is 4. The normalized spacial score (nSPS) is 13.0. The molecular weight excluding hydrogens is 315 g/mol. The Morgan fingerprint density at radius 2 is 2.00 bits per heavy atom. The maximum absolute atomic E-state index is 12.2.